The lowest BCUT2D eigenvalue weighted by atomic mass is 9.95. The predicted molar refractivity (Wildman–Crippen MR) is 97.6 cm³/mol. The van der Waals surface area contributed by atoms with Crippen LogP contribution in [0, 0.1) is 5.92 Å². The van der Waals surface area contributed by atoms with Crippen molar-refractivity contribution in [2.75, 3.05) is 0 Å². The van der Waals surface area contributed by atoms with Crippen LogP contribution >= 0.6 is 0 Å². The van der Waals surface area contributed by atoms with Gasteiger partial charge in [-0.2, -0.15) is 0 Å². The second-order valence-corrected chi connectivity index (χ2v) is 11.4. The third kappa shape index (κ3) is 4.18. The maximum Gasteiger partial charge on any atom is 0.0843 e. The van der Waals surface area contributed by atoms with Gasteiger partial charge in [0.15, 0.2) is 0 Å². The van der Waals surface area contributed by atoms with Crippen LogP contribution in [0.1, 0.15) is 19.4 Å². The minimum Gasteiger partial charge on any atom is -0.0828 e. The Labute approximate surface area is 130 Å². The Balaban J connectivity index is 2.25. The third-order valence-electron chi connectivity index (χ3n) is 4.12. The van der Waals surface area contributed by atoms with E-state index in [4.69, 9.17) is 0 Å². The lowest BCUT2D eigenvalue weighted by Gasteiger charge is -2.22. The minimum absolute atomic E-state index is 0.563. The van der Waals surface area contributed by atoms with E-state index in [0.717, 1.165) is 0 Å². The minimum atomic E-state index is -1.40. The molecule has 1 heteroatoms. The fourth-order valence-electron chi connectivity index (χ4n) is 2.69. The van der Waals surface area contributed by atoms with E-state index >= 15 is 0 Å². The second-order valence-electron chi connectivity index (χ2n) is 6.63. The molecule has 2 rings (SSSR count). The van der Waals surface area contributed by atoms with Gasteiger partial charge in [-0.05, 0) is 23.1 Å². The quantitative estimate of drug-likeness (QED) is 0.653. The average molecular weight is 295 g/mol. The Morgan fingerprint density at radius 3 is 1.95 bits per heavy atom. The van der Waals surface area contributed by atoms with Crippen LogP contribution in [0.2, 0.25) is 19.1 Å². The van der Waals surface area contributed by atoms with Crippen LogP contribution in [-0.2, 0) is 0 Å². The Morgan fingerprint density at radius 1 is 0.905 bits per heavy atom. The SMILES string of the molecule is CC(C)/C(=C\C[Si](C)(C)c1ccccc1)c1ccccc1. The Hall–Kier alpha value is -1.60. The largest absolute Gasteiger partial charge is 0.0843 e. The van der Waals surface area contributed by atoms with E-state index in [1.165, 1.54) is 22.4 Å². The van der Waals surface area contributed by atoms with Crippen molar-refractivity contribution < 1.29 is 0 Å². The van der Waals surface area contributed by atoms with Crippen LogP contribution in [0.5, 0.6) is 0 Å². The molecule has 110 valence electrons. The number of benzene rings is 2. The van der Waals surface area contributed by atoms with Crippen molar-refractivity contribution in [1.29, 1.82) is 0 Å². The zero-order chi connectivity index (χ0) is 15.3. The number of rotatable bonds is 5. The molecule has 0 N–H and O–H groups in total. The molecule has 0 fully saturated rings. The molecule has 0 aliphatic rings. The normalized spacial score (nSPS) is 12.7. The maximum atomic E-state index is 2.49. The van der Waals surface area contributed by atoms with Crippen LogP contribution in [0.25, 0.3) is 5.57 Å². The molecule has 0 nitrogen and oxygen atoms in total. The fourth-order valence-corrected chi connectivity index (χ4v) is 4.75. The van der Waals surface area contributed by atoms with Gasteiger partial charge < -0.3 is 0 Å². The summed E-state index contributed by atoms with van der Waals surface area (Å²) in [6.07, 6.45) is 2.49. The van der Waals surface area contributed by atoms with Crippen LogP contribution in [0.4, 0.5) is 0 Å². The molecule has 21 heavy (non-hydrogen) atoms. The van der Waals surface area contributed by atoms with Crippen molar-refractivity contribution in [2.45, 2.75) is 33.0 Å². The lowest BCUT2D eigenvalue weighted by Crippen LogP contribution is -2.40. The van der Waals surface area contributed by atoms with E-state index in [-0.39, 0.29) is 0 Å². The molecule has 0 atom stereocenters. The third-order valence-corrected chi connectivity index (χ3v) is 7.24. The van der Waals surface area contributed by atoms with Crippen molar-refractivity contribution in [3.05, 3.63) is 72.3 Å². The Morgan fingerprint density at radius 2 is 1.43 bits per heavy atom. The second kappa shape index (κ2) is 6.90. The summed E-state index contributed by atoms with van der Waals surface area (Å²) in [5.41, 5.74) is 2.84. The van der Waals surface area contributed by atoms with Crippen molar-refractivity contribution in [3.8, 4) is 0 Å². The number of hydrogen-bond donors (Lipinski definition) is 0. The summed E-state index contributed by atoms with van der Waals surface area (Å²) in [5, 5.41) is 1.54. The first kappa shape index (κ1) is 15.8. The van der Waals surface area contributed by atoms with Crippen LogP contribution in [0.15, 0.2) is 66.7 Å². The molecule has 0 aliphatic carbocycles. The molecule has 0 saturated heterocycles. The molecule has 0 saturated carbocycles. The standard InChI is InChI=1S/C20H26Si/c1-17(2)20(18-11-7-5-8-12-18)15-16-21(3,4)19-13-9-6-10-14-19/h5-15,17H,16H2,1-4H3/b20-15+. The fraction of sp³-hybridized carbons (Fsp3) is 0.300. The van der Waals surface area contributed by atoms with Crippen molar-refractivity contribution in [1.82, 2.24) is 0 Å². The van der Waals surface area contributed by atoms with Gasteiger partial charge in [0.2, 0.25) is 0 Å². The van der Waals surface area contributed by atoms with E-state index < -0.39 is 8.07 Å². The summed E-state index contributed by atoms with van der Waals surface area (Å²) in [7, 11) is -1.40. The van der Waals surface area contributed by atoms with Crippen molar-refractivity contribution in [2.24, 2.45) is 5.92 Å². The molecule has 0 amide bonds. The number of allylic oxidation sites excluding steroid dienone is 2. The number of hydrogen-bond acceptors (Lipinski definition) is 0. The highest BCUT2D eigenvalue weighted by Crippen LogP contribution is 2.25. The van der Waals surface area contributed by atoms with Crippen LogP contribution in [0.3, 0.4) is 0 Å². The topological polar surface area (TPSA) is 0 Å². The van der Waals surface area contributed by atoms with Crippen molar-refractivity contribution >= 4 is 18.8 Å². The van der Waals surface area contributed by atoms with Gasteiger partial charge in [0, 0.05) is 0 Å². The van der Waals surface area contributed by atoms with Crippen LogP contribution in [-0.4, -0.2) is 8.07 Å². The summed E-state index contributed by atoms with van der Waals surface area (Å²) < 4.78 is 0. The molecule has 0 aliphatic heterocycles. The van der Waals surface area contributed by atoms with Gasteiger partial charge in [0.05, 0.1) is 8.07 Å². The van der Waals surface area contributed by atoms with E-state index in [1.807, 2.05) is 0 Å². The zero-order valence-corrected chi connectivity index (χ0v) is 14.6. The Kier molecular flexibility index (Phi) is 5.19. The highest BCUT2D eigenvalue weighted by molar-refractivity contribution is 6.90. The van der Waals surface area contributed by atoms with Gasteiger partial charge >= 0.3 is 0 Å². The first-order valence-corrected chi connectivity index (χ1v) is 11.0. The lowest BCUT2D eigenvalue weighted by molar-refractivity contribution is 0.854. The molecule has 2 aromatic carbocycles. The first-order chi connectivity index (χ1) is 10.0. The molecular weight excluding hydrogens is 268 g/mol. The maximum absolute atomic E-state index is 2.49. The summed E-state index contributed by atoms with van der Waals surface area (Å²) in [6, 6.07) is 23.0. The predicted octanol–water partition coefficient (Wildman–Crippen LogP) is 5.34. The molecule has 0 heterocycles. The summed E-state index contributed by atoms with van der Waals surface area (Å²) in [4.78, 5) is 0. The monoisotopic (exact) mass is 294 g/mol. The molecule has 0 aromatic heterocycles. The van der Waals surface area contributed by atoms with E-state index in [2.05, 4.69) is 93.7 Å². The molecule has 0 spiro atoms. The van der Waals surface area contributed by atoms with E-state index in [1.54, 1.807) is 0 Å². The highest BCUT2D eigenvalue weighted by atomic mass is 28.3. The van der Waals surface area contributed by atoms with E-state index in [0.29, 0.717) is 5.92 Å². The zero-order valence-electron chi connectivity index (χ0n) is 13.6. The average Bonchev–Trinajstić information content (AvgIpc) is 2.49. The van der Waals surface area contributed by atoms with Gasteiger partial charge in [-0.1, -0.05) is 98.9 Å². The summed E-state index contributed by atoms with van der Waals surface area (Å²) in [5.74, 6) is 0.563. The van der Waals surface area contributed by atoms with Gasteiger partial charge in [0.25, 0.3) is 0 Å². The van der Waals surface area contributed by atoms with E-state index in [9.17, 15) is 0 Å². The summed E-state index contributed by atoms with van der Waals surface area (Å²) >= 11 is 0. The van der Waals surface area contributed by atoms with Crippen LogP contribution < -0.4 is 5.19 Å². The smallest absolute Gasteiger partial charge is 0.0828 e. The van der Waals surface area contributed by atoms with Gasteiger partial charge in [-0.15, -0.1) is 0 Å². The molecule has 0 radical (unpaired) electrons. The molecule has 0 bridgehead atoms. The Bertz CT molecular complexity index is 580. The van der Waals surface area contributed by atoms with Gasteiger partial charge in [-0.25, -0.2) is 0 Å². The highest BCUT2D eigenvalue weighted by Gasteiger charge is 2.22. The van der Waals surface area contributed by atoms with Gasteiger partial charge in [-0.3, -0.25) is 0 Å². The molecular formula is C20H26Si. The van der Waals surface area contributed by atoms with Crippen molar-refractivity contribution in [3.63, 3.8) is 0 Å². The first-order valence-electron chi connectivity index (χ1n) is 7.82. The van der Waals surface area contributed by atoms with Gasteiger partial charge in [0.1, 0.15) is 0 Å². The molecule has 0 unspecified atom stereocenters. The molecule has 2 aromatic rings. The summed E-state index contributed by atoms with van der Waals surface area (Å²) in [6.45, 7) is 9.50.